The van der Waals surface area contributed by atoms with Crippen LogP contribution in [0.15, 0.2) is 0 Å². The molecule has 2 nitrogen and oxygen atoms in total. The van der Waals surface area contributed by atoms with Gasteiger partial charge in [-0.3, -0.25) is 4.90 Å². The SMILES string of the molecule is CC(C)N1C[C@@H](N(C)C)C[C@@H]1C. The molecule has 0 spiro atoms. The van der Waals surface area contributed by atoms with Crippen molar-refractivity contribution in [2.75, 3.05) is 20.6 Å². The smallest absolute Gasteiger partial charge is 0.0232 e. The van der Waals surface area contributed by atoms with E-state index in [4.69, 9.17) is 0 Å². The van der Waals surface area contributed by atoms with E-state index < -0.39 is 0 Å². The van der Waals surface area contributed by atoms with Gasteiger partial charge in [0.25, 0.3) is 0 Å². The standard InChI is InChI=1S/C10H22N2/c1-8(2)12-7-10(11(4)5)6-9(12)3/h8-10H,6-7H2,1-5H3/t9-,10-/m0/s1. The lowest BCUT2D eigenvalue weighted by Crippen LogP contribution is -2.36. The molecule has 0 aromatic carbocycles. The molecule has 1 rings (SSSR count). The van der Waals surface area contributed by atoms with Crippen molar-refractivity contribution >= 4 is 0 Å². The van der Waals surface area contributed by atoms with Gasteiger partial charge < -0.3 is 4.90 Å². The molecule has 1 aliphatic rings. The van der Waals surface area contributed by atoms with Crippen LogP contribution in [-0.2, 0) is 0 Å². The Labute approximate surface area is 76.5 Å². The molecule has 2 atom stereocenters. The Balaban J connectivity index is 2.50. The van der Waals surface area contributed by atoms with Gasteiger partial charge in [0.05, 0.1) is 0 Å². The first-order chi connectivity index (χ1) is 5.52. The maximum absolute atomic E-state index is 2.59. The minimum atomic E-state index is 0.699. The second-order valence-corrected chi connectivity index (χ2v) is 4.49. The van der Waals surface area contributed by atoms with Crippen molar-refractivity contribution in [1.82, 2.24) is 9.80 Å². The molecule has 0 aliphatic carbocycles. The third kappa shape index (κ3) is 1.99. The van der Waals surface area contributed by atoms with Crippen molar-refractivity contribution in [3.63, 3.8) is 0 Å². The minimum absolute atomic E-state index is 0.699. The van der Waals surface area contributed by atoms with Crippen molar-refractivity contribution in [3.8, 4) is 0 Å². The summed E-state index contributed by atoms with van der Waals surface area (Å²) in [5.41, 5.74) is 0. The van der Waals surface area contributed by atoms with Crippen molar-refractivity contribution < 1.29 is 0 Å². The van der Waals surface area contributed by atoms with Crippen LogP contribution in [0, 0.1) is 0 Å². The van der Waals surface area contributed by atoms with Gasteiger partial charge in [0, 0.05) is 24.7 Å². The fourth-order valence-electron chi connectivity index (χ4n) is 2.12. The van der Waals surface area contributed by atoms with Gasteiger partial charge in [0.2, 0.25) is 0 Å². The highest BCUT2D eigenvalue weighted by Crippen LogP contribution is 2.22. The predicted octanol–water partition coefficient (Wildman–Crippen LogP) is 1.42. The summed E-state index contributed by atoms with van der Waals surface area (Å²) in [6, 6.07) is 2.23. The lowest BCUT2D eigenvalue weighted by molar-refractivity contribution is 0.203. The number of likely N-dealkylation sites (N-methyl/N-ethyl adjacent to an activating group) is 1. The number of hydrogen-bond acceptors (Lipinski definition) is 2. The van der Waals surface area contributed by atoms with Gasteiger partial charge >= 0.3 is 0 Å². The first kappa shape index (κ1) is 10.0. The summed E-state index contributed by atoms with van der Waals surface area (Å²) in [7, 11) is 4.36. The molecule has 0 amide bonds. The average molecular weight is 170 g/mol. The molecule has 1 fully saturated rings. The van der Waals surface area contributed by atoms with E-state index in [1.807, 2.05) is 0 Å². The van der Waals surface area contributed by atoms with E-state index in [2.05, 4.69) is 44.7 Å². The predicted molar refractivity (Wildman–Crippen MR) is 53.4 cm³/mol. The highest BCUT2D eigenvalue weighted by Gasteiger charge is 2.31. The van der Waals surface area contributed by atoms with E-state index in [9.17, 15) is 0 Å². The first-order valence-electron chi connectivity index (χ1n) is 4.94. The van der Waals surface area contributed by atoms with Gasteiger partial charge in [0.15, 0.2) is 0 Å². The summed E-state index contributed by atoms with van der Waals surface area (Å²) in [5, 5.41) is 0. The fourth-order valence-corrected chi connectivity index (χ4v) is 2.12. The molecule has 0 unspecified atom stereocenters. The van der Waals surface area contributed by atoms with E-state index in [0.29, 0.717) is 6.04 Å². The summed E-state index contributed by atoms with van der Waals surface area (Å²) < 4.78 is 0. The topological polar surface area (TPSA) is 6.48 Å². The van der Waals surface area contributed by atoms with Crippen LogP contribution in [0.25, 0.3) is 0 Å². The minimum Gasteiger partial charge on any atom is -0.305 e. The molecule has 0 bridgehead atoms. The van der Waals surface area contributed by atoms with Gasteiger partial charge in [-0.2, -0.15) is 0 Å². The highest BCUT2D eigenvalue weighted by molar-refractivity contribution is 4.88. The van der Waals surface area contributed by atoms with Crippen molar-refractivity contribution in [1.29, 1.82) is 0 Å². The maximum Gasteiger partial charge on any atom is 0.0232 e. The fraction of sp³-hybridized carbons (Fsp3) is 1.00. The van der Waals surface area contributed by atoms with E-state index in [1.165, 1.54) is 13.0 Å². The summed E-state index contributed by atoms with van der Waals surface area (Å²) in [4.78, 5) is 4.93. The van der Waals surface area contributed by atoms with Gasteiger partial charge in [-0.1, -0.05) is 0 Å². The Morgan fingerprint density at radius 1 is 1.33 bits per heavy atom. The molecule has 1 aliphatic heterocycles. The van der Waals surface area contributed by atoms with Gasteiger partial charge in [-0.15, -0.1) is 0 Å². The normalized spacial score (nSPS) is 32.2. The van der Waals surface area contributed by atoms with E-state index in [0.717, 1.165) is 12.1 Å². The Hall–Kier alpha value is -0.0800. The molecular weight excluding hydrogens is 148 g/mol. The van der Waals surface area contributed by atoms with Crippen LogP contribution in [0.1, 0.15) is 27.2 Å². The molecule has 12 heavy (non-hydrogen) atoms. The molecular formula is C10H22N2. The lowest BCUT2D eigenvalue weighted by Gasteiger charge is -2.25. The Bertz CT molecular complexity index is 143. The van der Waals surface area contributed by atoms with E-state index in [-0.39, 0.29) is 0 Å². The first-order valence-corrected chi connectivity index (χ1v) is 4.94. The largest absolute Gasteiger partial charge is 0.305 e. The lowest BCUT2D eigenvalue weighted by atomic mass is 10.2. The zero-order chi connectivity index (χ0) is 9.30. The number of likely N-dealkylation sites (tertiary alicyclic amines) is 1. The number of hydrogen-bond donors (Lipinski definition) is 0. The van der Waals surface area contributed by atoms with Crippen LogP contribution >= 0.6 is 0 Å². The zero-order valence-electron chi connectivity index (χ0n) is 9.04. The summed E-state index contributed by atoms with van der Waals surface area (Å²) >= 11 is 0. The molecule has 1 saturated heterocycles. The number of rotatable bonds is 2. The van der Waals surface area contributed by atoms with Crippen molar-refractivity contribution in [2.45, 2.75) is 45.3 Å². The Kier molecular flexibility index (Phi) is 3.13. The van der Waals surface area contributed by atoms with Crippen molar-refractivity contribution in [2.24, 2.45) is 0 Å². The van der Waals surface area contributed by atoms with Crippen LogP contribution in [0.3, 0.4) is 0 Å². The molecule has 1 heterocycles. The van der Waals surface area contributed by atoms with Gasteiger partial charge in [-0.05, 0) is 41.3 Å². The van der Waals surface area contributed by atoms with E-state index >= 15 is 0 Å². The van der Waals surface area contributed by atoms with Gasteiger partial charge in [-0.25, -0.2) is 0 Å². The molecule has 0 aromatic rings. The quantitative estimate of drug-likeness (QED) is 0.618. The third-order valence-corrected chi connectivity index (χ3v) is 2.99. The molecule has 72 valence electrons. The van der Waals surface area contributed by atoms with Crippen molar-refractivity contribution in [3.05, 3.63) is 0 Å². The average Bonchev–Trinajstić information content (AvgIpc) is 2.30. The zero-order valence-corrected chi connectivity index (χ0v) is 9.04. The monoisotopic (exact) mass is 170 g/mol. The third-order valence-electron chi connectivity index (χ3n) is 2.99. The van der Waals surface area contributed by atoms with Crippen LogP contribution in [0.5, 0.6) is 0 Å². The second kappa shape index (κ2) is 3.75. The molecule has 0 radical (unpaired) electrons. The molecule has 0 N–H and O–H groups in total. The second-order valence-electron chi connectivity index (χ2n) is 4.49. The van der Waals surface area contributed by atoms with E-state index in [1.54, 1.807) is 0 Å². The molecule has 2 heteroatoms. The molecule has 0 saturated carbocycles. The van der Waals surface area contributed by atoms with Crippen LogP contribution in [0.4, 0.5) is 0 Å². The molecule has 0 aromatic heterocycles. The maximum atomic E-state index is 2.59. The summed E-state index contributed by atoms with van der Waals surface area (Å²) in [6.45, 7) is 8.15. The summed E-state index contributed by atoms with van der Waals surface area (Å²) in [6.07, 6.45) is 1.32. The van der Waals surface area contributed by atoms with Crippen LogP contribution < -0.4 is 0 Å². The highest BCUT2D eigenvalue weighted by atomic mass is 15.3. The Morgan fingerprint density at radius 2 is 1.92 bits per heavy atom. The number of nitrogens with zero attached hydrogens (tertiary/aromatic N) is 2. The van der Waals surface area contributed by atoms with Gasteiger partial charge in [0.1, 0.15) is 0 Å². The Morgan fingerprint density at radius 3 is 2.17 bits per heavy atom. The van der Waals surface area contributed by atoms with Crippen LogP contribution in [-0.4, -0.2) is 48.6 Å². The summed E-state index contributed by atoms with van der Waals surface area (Å²) in [5.74, 6) is 0. The van der Waals surface area contributed by atoms with Crippen LogP contribution in [0.2, 0.25) is 0 Å².